The quantitative estimate of drug-likeness (QED) is 0.938. The van der Waals surface area contributed by atoms with Crippen molar-refractivity contribution in [3.05, 3.63) is 58.4 Å². The first-order valence-electron chi connectivity index (χ1n) is 6.00. The average molecular weight is 296 g/mol. The first kappa shape index (κ1) is 14.6. The molecule has 0 aliphatic carbocycles. The van der Waals surface area contributed by atoms with Crippen LogP contribution in [0.3, 0.4) is 0 Å². The molecule has 0 amide bonds. The lowest BCUT2D eigenvalue weighted by molar-refractivity contribution is 0.382. The highest BCUT2D eigenvalue weighted by Gasteiger charge is 2.19. The van der Waals surface area contributed by atoms with Gasteiger partial charge in [-0.3, -0.25) is 0 Å². The van der Waals surface area contributed by atoms with Crippen molar-refractivity contribution < 1.29 is 13.9 Å². The van der Waals surface area contributed by atoms with Crippen LogP contribution in [-0.2, 0) is 0 Å². The van der Waals surface area contributed by atoms with Gasteiger partial charge < -0.3 is 15.2 Å². The summed E-state index contributed by atoms with van der Waals surface area (Å²) in [5.41, 5.74) is 7.62. The highest BCUT2D eigenvalue weighted by molar-refractivity contribution is 6.30. The minimum Gasteiger partial charge on any atom is -0.496 e. The molecule has 2 aromatic rings. The molecule has 2 aromatic carbocycles. The van der Waals surface area contributed by atoms with Crippen LogP contribution in [0.5, 0.6) is 11.5 Å². The van der Waals surface area contributed by atoms with Crippen LogP contribution in [0.15, 0.2) is 36.4 Å². The molecule has 0 bridgehead atoms. The number of halogens is 2. The minimum absolute atomic E-state index is 0.0341. The number of rotatable bonds is 4. The third-order valence-corrected chi connectivity index (χ3v) is 3.37. The Labute approximate surface area is 122 Å². The summed E-state index contributed by atoms with van der Waals surface area (Å²) in [6.45, 7) is 0. The fourth-order valence-corrected chi connectivity index (χ4v) is 2.25. The molecular formula is C15H15ClFNO2. The molecule has 2 N–H and O–H groups in total. The van der Waals surface area contributed by atoms with Crippen LogP contribution in [0.25, 0.3) is 0 Å². The van der Waals surface area contributed by atoms with E-state index < -0.39 is 11.9 Å². The van der Waals surface area contributed by atoms with Gasteiger partial charge in [0.15, 0.2) is 0 Å². The van der Waals surface area contributed by atoms with Crippen LogP contribution in [0.1, 0.15) is 17.2 Å². The minimum atomic E-state index is -0.529. The van der Waals surface area contributed by atoms with Gasteiger partial charge in [0.1, 0.15) is 17.3 Å². The molecule has 0 spiro atoms. The van der Waals surface area contributed by atoms with Gasteiger partial charge in [-0.2, -0.15) is 0 Å². The highest BCUT2D eigenvalue weighted by Crippen LogP contribution is 2.36. The van der Waals surface area contributed by atoms with Gasteiger partial charge in [-0.05, 0) is 29.8 Å². The second-order valence-corrected chi connectivity index (χ2v) is 4.63. The van der Waals surface area contributed by atoms with Gasteiger partial charge in [0, 0.05) is 0 Å². The molecule has 0 aliphatic rings. The SMILES string of the molecule is COc1cccc(OC)c1C(N)c1ccc(F)c(Cl)c1. The smallest absolute Gasteiger partial charge is 0.141 e. The molecule has 0 heterocycles. The van der Waals surface area contributed by atoms with Gasteiger partial charge in [-0.1, -0.05) is 23.7 Å². The third-order valence-electron chi connectivity index (χ3n) is 3.08. The molecule has 0 saturated carbocycles. The van der Waals surface area contributed by atoms with Crippen LogP contribution in [0.4, 0.5) is 4.39 Å². The molecule has 106 valence electrons. The Morgan fingerprint density at radius 2 is 1.70 bits per heavy atom. The fourth-order valence-electron chi connectivity index (χ4n) is 2.06. The zero-order chi connectivity index (χ0) is 14.7. The predicted octanol–water partition coefficient (Wildman–Crippen LogP) is 3.54. The van der Waals surface area contributed by atoms with Crippen molar-refractivity contribution in [1.29, 1.82) is 0 Å². The lowest BCUT2D eigenvalue weighted by Crippen LogP contribution is -2.14. The van der Waals surface area contributed by atoms with Crippen molar-refractivity contribution >= 4 is 11.6 Å². The molecule has 1 unspecified atom stereocenters. The van der Waals surface area contributed by atoms with E-state index in [-0.39, 0.29) is 5.02 Å². The lowest BCUT2D eigenvalue weighted by Gasteiger charge is -2.19. The van der Waals surface area contributed by atoms with Gasteiger partial charge in [0.2, 0.25) is 0 Å². The predicted molar refractivity (Wildman–Crippen MR) is 77.0 cm³/mol. The van der Waals surface area contributed by atoms with Crippen LogP contribution < -0.4 is 15.2 Å². The number of nitrogens with two attached hydrogens (primary N) is 1. The fraction of sp³-hybridized carbons (Fsp3) is 0.200. The zero-order valence-electron chi connectivity index (χ0n) is 11.2. The normalized spacial score (nSPS) is 12.1. The van der Waals surface area contributed by atoms with E-state index in [1.54, 1.807) is 32.4 Å². The summed E-state index contributed by atoms with van der Waals surface area (Å²) in [5, 5.41) is 0.0341. The van der Waals surface area contributed by atoms with Crippen LogP contribution in [0.2, 0.25) is 5.02 Å². The van der Waals surface area contributed by atoms with Gasteiger partial charge in [-0.25, -0.2) is 4.39 Å². The van der Waals surface area contributed by atoms with Crippen LogP contribution >= 0.6 is 11.6 Å². The highest BCUT2D eigenvalue weighted by atomic mass is 35.5. The van der Waals surface area contributed by atoms with E-state index in [1.165, 1.54) is 12.1 Å². The van der Waals surface area contributed by atoms with Crippen molar-refractivity contribution in [1.82, 2.24) is 0 Å². The molecule has 2 rings (SSSR count). The number of methoxy groups -OCH3 is 2. The molecule has 0 radical (unpaired) electrons. The van der Waals surface area contributed by atoms with Crippen LogP contribution in [0, 0.1) is 5.82 Å². The standard InChI is InChI=1S/C15H15ClFNO2/c1-19-12-4-3-5-13(20-2)14(12)15(18)9-6-7-11(17)10(16)8-9/h3-8,15H,18H2,1-2H3. The van der Waals surface area contributed by atoms with E-state index >= 15 is 0 Å². The first-order valence-corrected chi connectivity index (χ1v) is 6.37. The van der Waals surface area contributed by atoms with Crippen LogP contribution in [-0.4, -0.2) is 14.2 Å². The Kier molecular flexibility index (Phi) is 4.47. The average Bonchev–Trinajstić information content (AvgIpc) is 2.48. The molecule has 0 aliphatic heterocycles. The summed E-state index contributed by atoms with van der Waals surface area (Å²) in [6.07, 6.45) is 0. The van der Waals surface area contributed by atoms with Crippen molar-refractivity contribution in [2.75, 3.05) is 14.2 Å². The molecule has 0 aromatic heterocycles. The Morgan fingerprint density at radius 3 is 2.20 bits per heavy atom. The number of hydrogen-bond donors (Lipinski definition) is 1. The summed E-state index contributed by atoms with van der Waals surface area (Å²) < 4.78 is 23.9. The Balaban J connectivity index is 2.51. The van der Waals surface area contributed by atoms with E-state index in [0.29, 0.717) is 22.6 Å². The number of ether oxygens (including phenoxy) is 2. The summed E-state index contributed by atoms with van der Waals surface area (Å²) in [4.78, 5) is 0. The van der Waals surface area contributed by atoms with E-state index in [4.69, 9.17) is 26.8 Å². The second kappa shape index (κ2) is 6.11. The van der Waals surface area contributed by atoms with Gasteiger partial charge >= 0.3 is 0 Å². The maximum absolute atomic E-state index is 13.2. The number of hydrogen-bond acceptors (Lipinski definition) is 3. The summed E-state index contributed by atoms with van der Waals surface area (Å²) in [5.74, 6) is 0.740. The van der Waals surface area contributed by atoms with E-state index in [1.807, 2.05) is 6.07 Å². The molecule has 1 atom stereocenters. The van der Waals surface area contributed by atoms with Crippen molar-refractivity contribution in [3.63, 3.8) is 0 Å². The van der Waals surface area contributed by atoms with Gasteiger partial charge in [0.25, 0.3) is 0 Å². The van der Waals surface area contributed by atoms with E-state index in [2.05, 4.69) is 0 Å². The van der Waals surface area contributed by atoms with Crippen molar-refractivity contribution in [2.45, 2.75) is 6.04 Å². The first-order chi connectivity index (χ1) is 9.58. The largest absolute Gasteiger partial charge is 0.496 e. The molecule has 3 nitrogen and oxygen atoms in total. The Morgan fingerprint density at radius 1 is 1.10 bits per heavy atom. The maximum Gasteiger partial charge on any atom is 0.141 e. The lowest BCUT2D eigenvalue weighted by atomic mass is 9.97. The Bertz CT molecular complexity index is 597. The summed E-state index contributed by atoms with van der Waals surface area (Å²) in [7, 11) is 3.12. The molecular weight excluding hydrogens is 281 g/mol. The van der Waals surface area contributed by atoms with Gasteiger partial charge in [0.05, 0.1) is 30.8 Å². The second-order valence-electron chi connectivity index (χ2n) is 4.23. The van der Waals surface area contributed by atoms with E-state index in [0.717, 1.165) is 0 Å². The third kappa shape index (κ3) is 2.71. The topological polar surface area (TPSA) is 44.5 Å². The zero-order valence-corrected chi connectivity index (χ0v) is 11.9. The van der Waals surface area contributed by atoms with Gasteiger partial charge in [-0.15, -0.1) is 0 Å². The monoisotopic (exact) mass is 295 g/mol. The molecule has 20 heavy (non-hydrogen) atoms. The maximum atomic E-state index is 13.2. The molecule has 0 fully saturated rings. The molecule has 0 saturated heterocycles. The van der Waals surface area contributed by atoms with Crippen molar-refractivity contribution in [3.8, 4) is 11.5 Å². The Hall–Kier alpha value is -1.78. The van der Waals surface area contributed by atoms with E-state index in [9.17, 15) is 4.39 Å². The summed E-state index contributed by atoms with van der Waals surface area (Å²) >= 11 is 5.80. The summed E-state index contributed by atoms with van der Waals surface area (Å²) in [6, 6.07) is 9.26. The number of benzene rings is 2. The van der Waals surface area contributed by atoms with Crippen molar-refractivity contribution in [2.24, 2.45) is 5.73 Å². The molecule has 5 heteroatoms.